The molecule has 0 saturated carbocycles. The summed E-state index contributed by atoms with van der Waals surface area (Å²) >= 11 is 0. The Labute approximate surface area is 97.6 Å². The zero-order chi connectivity index (χ0) is 12.1. The third kappa shape index (κ3) is 3.46. The van der Waals surface area contributed by atoms with Gasteiger partial charge >= 0.3 is 5.97 Å². The fourth-order valence-electron chi connectivity index (χ4n) is 2.29. The van der Waals surface area contributed by atoms with Crippen LogP contribution in [0.4, 0.5) is 0 Å². The van der Waals surface area contributed by atoms with Gasteiger partial charge in [0.15, 0.2) is 0 Å². The van der Waals surface area contributed by atoms with E-state index in [0.29, 0.717) is 5.92 Å². The van der Waals surface area contributed by atoms with Crippen LogP contribution < -0.4 is 0 Å². The maximum absolute atomic E-state index is 10.9. The van der Waals surface area contributed by atoms with Crippen molar-refractivity contribution in [1.29, 1.82) is 0 Å². The van der Waals surface area contributed by atoms with Crippen LogP contribution in [0.1, 0.15) is 26.7 Å². The van der Waals surface area contributed by atoms with Crippen molar-refractivity contribution in [3.63, 3.8) is 0 Å². The van der Waals surface area contributed by atoms with Crippen LogP contribution in [0.25, 0.3) is 0 Å². The first-order valence-corrected chi connectivity index (χ1v) is 6.02. The summed E-state index contributed by atoms with van der Waals surface area (Å²) in [6, 6.07) is 0.126. The Morgan fingerprint density at radius 2 is 2.00 bits per heavy atom. The Hall–Kier alpha value is -0.610. The zero-order valence-corrected chi connectivity index (χ0v) is 10.5. The summed E-state index contributed by atoms with van der Waals surface area (Å²) in [4.78, 5) is 13.2. The molecule has 4 heteroatoms. The third-order valence-electron chi connectivity index (χ3n) is 3.74. The zero-order valence-electron chi connectivity index (χ0n) is 10.5. The van der Waals surface area contributed by atoms with Gasteiger partial charge in [0.2, 0.25) is 0 Å². The number of piperidine rings is 1. The Bertz CT molecular complexity index is 224. The third-order valence-corrected chi connectivity index (χ3v) is 3.74. The van der Waals surface area contributed by atoms with Gasteiger partial charge in [-0.3, -0.25) is 9.69 Å². The molecule has 16 heavy (non-hydrogen) atoms. The lowest BCUT2D eigenvalue weighted by Gasteiger charge is -2.37. The molecule has 0 amide bonds. The molecule has 0 aliphatic carbocycles. The van der Waals surface area contributed by atoms with Crippen molar-refractivity contribution in [1.82, 2.24) is 4.90 Å². The van der Waals surface area contributed by atoms with E-state index < -0.39 is 5.97 Å². The van der Waals surface area contributed by atoms with E-state index in [-0.39, 0.29) is 12.0 Å². The Balaban J connectivity index is 2.38. The number of hydrogen-bond acceptors (Lipinski definition) is 3. The Morgan fingerprint density at radius 1 is 1.44 bits per heavy atom. The average molecular weight is 229 g/mol. The molecule has 0 aromatic heterocycles. The van der Waals surface area contributed by atoms with Gasteiger partial charge in [-0.2, -0.15) is 0 Å². The van der Waals surface area contributed by atoms with Gasteiger partial charge in [-0.25, -0.2) is 0 Å². The van der Waals surface area contributed by atoms with Crippen LogP contribution in [-0.4, -0.2) is 48.8 Å². The molecular weight excluding hydrogens is 206 g/mol. The summed E-state index contributed by atoms with van der Waals surface area (Å²) in [5, 5.41) is 8.97. The molecule has 1 fully saturated rings. The summed E-state index contributed by atoms with van der Waals surface area (Å²) in [7, 11) is 1.74. The molecule has 1 N–H and O–H groups in total. The highest BCUT2D eigenvalue weighted by Crippen LogP contribution is 2.21. The topological polar surface area (TPSA) is 49.8 Å². The van der Waals surface area contributed by atoms with Crippen molar-refractivity contribution in [2.45, 2.75) is 32.7 Å². The number of carbonyl (C=O) groups is 1. The minimum atomic E-state index is -0.702. The van der Waals surface area contributed by atoms with E-state index in [4.69, 9.17) is 9.84 Å². The van der Waals surface area contributed by atoms with Crippen molar-refractivity contribution >= 4 is 5.97 Å². The van der Waals surface area contributed by atoms with E-state index in [1.807, 2.05) is 6.92 Å². The number of ether oxygens (including phenoxy) is 1. The number of hydrogen-bond donors (Lipinski definition) is 1. The molecule has 2 atom stereocenters. The van der Waals surface area contributed by atoms with Gasteiger partial charge in [0.25, 0.3) is 0 Å². The van der Waals surface area contributed by atoms with E-state index in [1.54, 1.807) is 14.0 Å². The first-order valence-electron chi connectivity index (χ1n) is 6.02. The first-order chi connectivity index (χ1) is 7.56. The summed E-state index contributed by atoms with van der Waals surface area (Å²) < 4.78 is 5.15. The predicted octanol–water partition coefficient (Wildman–Crippen LogP) is 1.45. The molecule has 0 aromatic rings. The maximum Gasteiger partial charge on any atom is 0.307 e. The SMILES string of the molecule is COCC1CCN(C(C)C(C)C(=O)O)CC1. The van der Waals surface area contributed by atoms with E-state index >= 15 is 0 Å². The molecule has 1 heterocycles. The van der Waals surface area contributed by atoms with Crippen LogP contribution in [0.15, 0.2) is 0 Å². The molecule has 2 unspecified atom stereocenters. The second-order valence-corrected chi connectivity index (χ2v) is 4.80. The maximum atomic E-state index is 10.9. The molecule has 94 valence electrons. The highest BCUT2D eigenvalue weighted by Gasteiger charge is 2.28. The number of methoxy groups -OCH3 is 1. The molecule has 4 nitrogen and oxygen atoms in total. The molecule has 1 aliphatic rings. The minimum absolute atomic E-state index is 0.126. The van der Waals surface area contributed by atoms with E-state index in [0.717, 1.165) is 32.5 Å². The van der Waals surface area contributed by atoms with Crippen LogP contribution in [0.3, 0.4) is 0 Å². The lowest BCUT2D eigenvalue weighted by atomic mass is 9.94. The number of rotatable bonds is 5. The monoisotopic (exact) mass is 229 g/mol. The quantitative estimate of drug-likeness (QED) is 0.775. The number of carboxylic acids is 1. The molecular formula is C12H23NO3. The van der Waals surface area contributed by atoms with Gasteiger partial charge < -0.3 is 9.84 Å². The fourth-order valence-corrected chi connectivity index (χ4v) is 2.29. The summed E-state index contributed by atoms with van der Waals surface area (Å²) in [6.45, 7) is 6.61. The van der Waals surface area contributed by atoms with Crippen molar-refractivity contribution in [2.24, 2.45) is 11.8 Å². The van der Waals surface area contributed by atoms with Crippen LogP contribution in [0.2, 0.25) is 0 Å². The van der Waals surface area contributed by atoms with Gasteiger partial charge in [0, 0.05) is 19.8 Å². The smallest absolute Gasteiger partial charge is 0.307 e. The lowest BCUT2D eigenvalue weighted by Crippen LogP contribution is -2.45. The van der Waals surface area contributed by atoms with E-state index in [2.05, 4.69) is 4.90 Å². The molecule has 1 rings (SSSR count). The van der Waals surface area contributed by atoms with Gasteiger partial charge in [0.1, 0.15) is 0 Å². The van der Waals surface area contributed by atoms with Crippen LogP contribution in [0.5, 0.6) is 0 Å². The fraction of sp³-hybridized carbons (Fsp3) is 0.917. The molecule has 0 aromatic carbocycles. The van der Waals surface area contributed by atoms with Crippen molar-refractivity contribution in [3.05, 3.63) is 0 Å². The van der Waals surface area contributed by atoms with Gasteiger partial charge in [-0.15, -0.1) is 0 Å². The summed E-state index contributed by atoms with van der Waals surface area (Å²) in [5.41, 5.74) is 0. The van der Waals surface area contributed by atoms with Gasteiger partial charge in [-0.05, 0) is 38.8 Å². The number of carboxylic acid groups (broad SMARTS) is 1. The minimum Gasteiger partial charge on any atom is -0.481 e. The van der Waals surface area contributed by atoms with Gasteiger partial charge in [0.05, 0.1) is 5.92 Å². The normalized spacial score (nSPS) is 22.9. The standard InChI is InChI=1S/C12H23NO3/c1-9(12(14)15)10(2)13-6-4-11(5-7-13)8-16-3/h9-11H,4-8H2,1-3H3,(H,14,15). The predicted molar refractivity (Wildman–Crippen MR) is 62.4 cm³/mol. The first kappa shape index (κ1) is 13.5. The largest absolute Gasteiger partial charge is 0.481 e. The highest BCUT2D eigenvalue weighted by molar-refractivity contribution is 5.70. The highest BCUT2D eigenvalue weighted by atomic mass is 16.5. The summed E-state index contributed by atoms with van der Waals surface area (Å²) in [6.07, 6.45) is 2.23. The molecule has 0 bridgehead atoms. The van der Waals surface area contributed by atoms with Crippen molar-refractivity contribution < 1.29 is 14.6 Å². The second kappa shape index (κ2) is 6.21. The average Bonchev–Trinajstić information content (AvgIpc) is 2.28. The molecule has 1 saturated heterocycles. The second-order valence-electron chi connectivity index (χ2n) is 4.80. The molecule has 0 spiro atoms. The molecule has 1 aliphatic heterocycles. The van der Waals surface area contributed by atoms with Crippen LogP contribution in [-0.2, 0) is 9.53 Å². The van der Waals surface area contributed by atoms with Crippen LogP contribution >= 0.6 is 0 Å². The number of nitrogens with zero attached hydrogens (tertiary/aromatic N) is 1. The summed E-state index contributed by atoms with van der Waals surface area (Å²) in [5.74, 6) is -0.348. The Morgan fingerprint density at radius 3 is 2.44 bits per heavy atom. The van der Waals surface area contributed by atoms with Crippen LogP contribution in [0, 0.1) is 11.8 Å². The van der Waals surface area contributed by atoms with E-state index in [9.17, 15) is 4.79 Å². The van der Waals surface area contributed by atoms with Gasteiger partial charge in [-0.1, -0.05) is 6.92 Å². The van der Waals surface area contributed by atoms with Crippen molar-refractivity contribution in [3.8, 4) is 0 Å². The van der Waals surface area contributed by atoms with Crippen molar-refractivity contribution in [2.75, 3.05) is 26.8 Å². The Kier molecular flexibility index (Phi) is 5.22. The molecule has 0 radical (unpaired) electrons. The lowest BCUT2D eigenvalue weighted by molar-refractivity contribution is -0.143. The van der Waals surface area contributed by atoms with E-state index in [1.165, 1.54) is 0 Å². The number of aliphatic carboxylic acids is 1. The number of likely N-dealkylation sites (tertiary alicyclic amines) is 1.